The lowest BCUT2D eigenvalue weighted by molar-refractivity contribution is -0.111. The minimum atomic E-state index is 0.371. The van der Waals surface area contributed by atoms with Crippen molar-refractivity contribution in [3.05, 3.63) is 12.2 Å². The number of carbonyl (C=O) groups is 1. The molecule has 1 nitrogen and oxygen atoms in total. The van der Waals surface area contributed by atoms with Gasteiger partial charge in [0.2, 0.25) is 0 Å². The number of hydrogen-bond acceptors (Lipinski definition) is 2. The number of unbranched alkanes of at least 4 members (excludes halogenated alkanes) is 8. The van der Waals surface area contributed by atoms with E-state index in [2.05, 4.69) is 39.8 Å². The van der Waals surface area contributed by atoms with E-state index < -0.39 is 0 Å². The summed E-state index contributed by atoms with van der Waals surface area (Å²) in [5, 5.41) is 0.371. The van der Waals surface area contributed by atoms with Crippen LogP contribution >= 0.6 is 11.8 Å². The molecule has 0 fully saturated rings. The van der Waals surface area contributed by atoms with Gasteiger partial charge in [-0.25, -0.2) is 0 Å². The molecular weight excluding hydrogens is 300 g/mol. The smallest absolute Gasteiger partial charge is 0.189 e. The van der Waals surface area contributed by atoms with E-state index in [0.29, 0.717) is 10.5 Å². The second-order valence-corrected chi connectivity index (χ2v) is 8.91. The Bertz CT molecular complexity index is 301. The molecule has 136 valence electrons. The Morgan fingerprint density at radius 1 is 0.870 bits per heavy atom. The Kier molecular flexibility index (Phi) is 15.1. The zero-order valence-corrected chi connectivity index (χ0v) is 17.0. The van der Waals surface area contributed by atoms with E-state index in [4.69, 9.17) is 0 Å². The van der Waals surface area contributed by atoms with Gasteiger partial charge in [-0.1, -0.05) is 96.6 Å². The molecule has 23 heavy (non-hydrogen) atoms. The molecule has 0 aromatic rings. The third-order valence-corrected chi connectivity index (χ3v) is 4.92. The van der Waals surface area contributed by atoms with Gasteiger partial charge in [0.15, 0.2) is 5.12 Å². The normalized spacial score (nSPS) is 12.2. The van der Waals surface area contributed by atoms with Gasteiger partial charge in [0.05, 0.1) is 0 Å². The fourth-order valence-corrected chi connectivity index (χ4v) is 3.25. The summed E-state index contributed by atoms with van der Waals surface area (Å²) in [5.74, 6) is 0.859. The predicted octanol–water partition coefficient (Wildman–Crippen LogP) is 7.55. The summed E-state index contributed by atoms with van der Waals surface area (Å²) in [4.78, 5) is 11.8. The third kappa shape index (κ3) is 19.7. The van der Waals surface area contributed by atoms with Gasteiger partial charge in [0.1, 0.15) is 0 Å². The standard InChI is InChI=1S/C21H40OS/c1-5-6-7-8-9-13-16-19-23-20(22)17-14-11-10-12-15-18-21(2,3)4/h13,16H,5-12,14-15,17-19H2,1-4H3/b16-13-. The maximum Gasteiger partial charge on any atom is 0.189 e. The monoisotopic (exact) mass is 340 g/mol. The lowest BCUT2D eigenvalue weighted by Crippen LogP contribution is -2.03. The first-order valence-electron chi connectivity index (χ1n) is 9.76. The van der Waals surface area contributed by atoms with E-state index in [1.807, 2.05) is 0 Å². The molecule has 0 saturated heterocycles. The summed E-state index contributed by atoms with van der Waals surface area (Å²) in [7, 11) is 0. The van der Waals surface area contributed by atoms with Crippen LogP contribution in [0.2, 0.25) is 0 Å². The Morgan fingerprint density at radius 3 is 2.22 bits per heavy atom. The van der Waals surface area contributed by atoms with Crippen LogP contribution < -0.4 is 0 Å². The van der Waals surface area contributed by atoms with Crippen molar-refractivity contribution < 1.29 is 4.79 Å². The Hall–Kier alpha value is -0.240. The first-order chi connectivity index (χ1) is 11.0. The van der Waals surface area contributed by atoms with Crippen molar-refractivity contribution in [1.82, 2.24) is 0 Å². The molecule has 0 rings (SSSR count). The minimum absolute atomic E-state index is 0.371. The van der Waals surface area contributed by atoms with Gasteiger partial charge in [0, 0.05) is 12.2 Å². The van der Waals surface area contributed by atoms with Crippen LogP contribution in [0.4, 0.5) is 0 Å². The highest BCUT2D eigenvalue weighted by Gasteiger charge is 2.08. The van der Waals surface area contributed by atoms with Crippen LogP contribution in [-0.2, 0) is 4.79 Å². The number of allylic oxidation sites excluding steroid dienone is 1. The van der Waals surface area contributed by atoms with Gasteiger partial charge in [-0.05, 0) is 31.1 Å². The summed E-state index contributed by atoms with van der Waals surface area (Å²) in [5.41, 5.74) is 0.468. The number of carbonyl (C=O) groups excluding carboxylic acids is 1. The Labute approximate surface area is 150 Å². The second-order valence-electron chi connectivity index (χ2n) is 7.83. The molecule has 0 heterocycles. The van der Waals surface area contributed by atoms with Crippen LogP contribution in [-0.4, -0.2) is 10.9 Å². The molecule has 0 aliphatic carbocycles. The second kappa shape index (κ2) is 15.3. The average molecular weight is 341 g/mol. The summed E-state index contributed by atoms with van der Waals surface area (Å²) >= 11 is 1.49. The highest BCUT2D eigenvalue weighted by molar-refractivity contribution is 8.13. The van der Waals surface area contributed by atoms with Crippen LogP contribution in [0.25, 0.3) is 0 Å². The van der Waals surface area contributed by atoms with Crippen molar-refractivity contribution >= 4 is 16.9 Å². The maximum absolute atomic E-state index is 11.8. The topological polar surface area (TPSA) is 17.1 Å². The SMILES string of the molecule is CCCCCC/C=C\CSC(=O)CCCCCCCC(C)(C)C. The van der Waals surface area contributed by atoms with Gasteiger partial charge in [-0.2, -0.15) is 0 Å². The first-order valence-corrected chi connectivity index (χ1v) is 10.7. The molecule has 0 aromatic heterocycles. The molecule has 0 bridgehead atoms. The van der Waals surface area contributed by atoms with Crippen molar-refractivity contribution in [2.75, 3.05) is 5.75 Å². The van der Waals surface area contributed by atoms with Crippen molar-refractivity contribution in [1.29, 1.82) is 0 Å². The molecular formula is C21H40OS. The summed E-state index contributed by atoms with van der Waals surface area (Å²) in [6.45, 7) is 9.16. The molecule has 0 radical (unpaired) electrons. The minimum Gasteiger partial charge on any atom is -0.287 e. The van der Waals surface area contributed by atoms with E-state index in [9.17, 15) is 4.79 Å². The van der Waals surface area contributed by atoms with Crippen LogP contribution in [0.1, 0.15) is 105 Å². The Balaban J connectivity index is 3.32. The van der Waals surface area contributed by atoms with E-state index in [0.717, 1.165) is 18.6 Å². The van der Waals surface area contributed by atoms with Crippen LogP contribution in [0, 0.1) is 5.41 Å². The van der Waals surface area contributed by atoms with Crippen molar-refractivity contribution in [3.63, 3.8) is 0 Å². The van der Waals surface area contributed by atoms with Crippen molar-refractivity contribution in [3.8, 4) is 0 Å². The highest BCUT2D eigenvalue weighted by atomic mass is 32.2. The van der Waals surface area contributed by atoms with E-state index in [1.54, 1.807) is 0 Å². The molecule has 0 unspecified atom stereocenters. The first kappa shape index (κ1) is 22.8. The molecule has 0 saturated carbocycles. The highest BCUT2D eigenvalue weighted by Crippen LogP contribution is 2.22. The van der Waals surface area contributed by atoms with Crippen LogP contribution in [0.5, 0.6) is 0 Å². The zero-order chi connectivity index (χ0) is 17.4. The van der Waals surface area contributed by atoms with Gasteiger partial charge in [-0.3, -0.25) is 4.79 Å². The molecule has 0 aliphatic rings. The quantitative estimate of drug-likeness (QED) is 0.240. The van der Waals surface area contributed by atoms with Crippen LogP contribution in [0.15, 0.2) is 12.2 Å². The number of hydrogen-bond donors (Lipinski definition) is 0. The van der Waals surface area contributed by atoms with Gasteiger partial charge < -0.3 is 0 Å². The molecule has 0 N–H and O–H groups in total. The largest absolute Gasteiger partial charge is 0.287 e. The summed E-state index contributed by atoms with van der Waals surface area (Å²) in [6.07, 6.45) is 19.1. The summed E-state index contributed by atoms with van der Waals surface area (Å²) in [6, 6.07) is 0. The van der Waals surface area contributed by atoms with Gasteiger partial charge >= 0.3 is 0 Å². The lowest BCUT2D eigenvalue weighted by atomic mass is 9.89. The zero-order valence-electron chi connectivity index (χ0n) is 16.2. The number of rotatable bonds is 14. The number of thioether (sulfide) groups is 1. The molecule has 2 heteroatoms. The summed E-state index contributed by atoms with van der Waals surface area (Å²) < 4.78 is 0. The maximum atomic E-state index is 11.8. The van der Waals surface area contributed by atoms with Gasteiger partial charge in [-0.15, -0.1) is 0 Å². The van der Waals surface area contributed by atoms with Crippen molar-refractivity contribution in [2.45, 2.75) is 105 Å². The van der Waals surface area contributed by atoms with Crippen molar-refractivity contribution in [2.24, 2.45) is 5.41 Å². The van der Waals surface area contributed by atoms with E-state index in [-0.39, 0.29) is 0 Å². The Morgan fingerprint density at radius 2 is 1.52 bits per heavy atom. The predicted molar refractivity (Wildman–Crippen MR) is 107 cm³/mol. The van der Waals surface area contributed by atoms with E-state index in [1.165, 1.54) is 76.0 Å². The molecule has 0 spiro atoms. The molecule has 0 aromatic carbocycles. The van der Waals surface area contributed by atoms with Gasteiger partial charge in [0.25, 0.3) is 0 Å². The fourth-order valence-electron chi connectivity index (χ4n) is 2.54. The van der Waals surface area contributed by atoms with Crippen LogP contribution in [0.3, 0.4) is 0 Å². The third-order valence-electron chi connectivity index (χ3n) is 4.04. The molecule has 0 aliphatic heterocycles. The lowest BCUT2D eigenvalue weighted by Gasteiger charge is -2.17. The van der Waals surface area contributed by atoms with E-state index >= 15 is 0 Å². The molecule has 0 amide bonds. The fraction of sp³-hybridized carbons (Fsp3) is 0.857. The average Bonchev–Trinajstić information content (AvgIpc) is 2.48. The molecule has 0 atom stereocenters.